The van der Waals surface area contributed by atoms with Crippen LogP contribution in [0.2, 0.25) is 0 Å². The summed E-state index contributed by atoms with van der Waals surface area (Å²) in [4.78, 5) is 70.3. The molecule has 0 aliphatic carbocycles. The normalized spacial score (nSPS) is 11.3. The maximum atomic E-state index is 12.2. The largest absolute Gasteiger partial charge is 0.481 e. The molecule has 14 nitrogen and oxygen atoms in total. The number of halogens is 1. The summed E-state index contributed by atoms with van der Waals surface area (Å²) in [6.45, 7) is 14.0. The number of esters is 3. The van der Waals surface area contributed by atoms with Crippen LogP contribution in [0.4, 0.5) is 9.59 Å². The van der Waals surface area contributed by atoms with Gasteiger partial charge in [0.05, 0.1) is 19.4 Å². The predicted molar refractivity (Wildman–Crippen MR) is 218 cm³/mol. The topological polar surface area (TPSA) is 193 Å². The van der Waals surface area contributed by atoms with Gasteiger partial charge < -0.3 is 39.4 Å². The van der Waals surface area contributed by atoms with Crippen LogP contribution in [-0.4, -0.2) is 75.5 Å². The number of carbonyl (C=O) groups excluding carboxylic acids is 5. The quantitative estimate of drug-likeness (QED) is 0.0876. The molecule has 0 aromatic heterocycles. The van der Waals surface area contributed by atoms with Crippen LogP contribution in [-0.2, 0) is 56.1 Å². The van der Waals surface area contributed by atoms with Crippen molar-refractivity contribution in [1.29, 1.82) is 0 Å². The standard InChI is InChI=1S/C18H25NO6.C16H21NO6.C2H5I.2H2S/c1-5-23-15(20)11-14(16(21)25-18(2,3)4)19-17(22)24-12-13-9-7-6-8-10-13;1-16(2,3)23-14(20)12(9-13(18)19)17-15(21)22-10-11-7-5-4-6-8-11;1-2-3;;/h6-10,14H,5,11-12H2,1-4H3,(H,19,22);4-8,12H,9-10H2,1-3H3,(H,17,21)(H,18,19);2H2,1H3;2*1H2/t14-;12-;;;/m00.../s1. The van der Waals surface area contributed by atoms with E-state index in [-0.39, 0.29) is 53.2 Å². The minimum absolute atomic E-state index is 0. The molecule has 2 aromatic carbocycles. The number of nitrogens with one attached hydrogen (secondary N) is 2. The van der Waals surface area contributed by atoms with E-state index in [0.717, 1.165) is 11.1 Å². The lowest BCUT2D eigenvalue weighted by Crippen LogP contribution is -2.45. The zero-order chi connectivity index (χ0) is 39.0. The second-order valence-electron chi connectivity index (χ2n) is 12.5. The first-order chi connectivity index (χ1) is 23.8. The van der Waals surface area contributed by atoms with Gasteiger partial charge in [0.2, 0.25) is 0 Å². The van der Waals surface area contributed by atoms with Gasteiger partial charge in [0.1, 0.15) is 36.5 Å². The van der Waals surface area contributed by atoms with Crippen LogP contribution < -0.4 is 10.6 Å². The van der Waals surface area contributed by atoms with E-state index in [4.69, 9.17) is 28.8 Å². The smallest absolute Gasteiger partial charge is 0.408 e. The molecule has 0 bridgehead atoms. The molecule has 0 fully saturated rings. The summed E-state index contributed by atoms with van der Waals surface area (Å²) in [5.74, 6) is -3.39. The summed E-state index contributed by atoms with van der Waals surface area (Å²) in [5.41, 5.74) is 0.0369. The van der Waals surface area contributed by atoms with Crippen molar-refractivity contribution < 1.29 is 57.6 Å². The van der Waals surface area contributed by atoms with Crippen LogP contribution in [0.15, 0.2) is 60.7 Å². The molecule has 300 valence electrons. The van der Waals surface area contributed by atoms with Gasteiger partial charge in [-0.3, -0.25) is 9.59 Å². The molecule has 0 heterocycles. The number of ether oxygens (including phenoxy) is 5. The van der Waals surface area contributed by atoms with Crippen molar-refractivity contribution in [2.75, 3.05) is 11.0 Å². The van der Waals surface area contributed by atoms with E-state index in [1.807, 2.05) is 24.3 Å². The summed E-state index contributed by atoms with van der Waals surface area (Å²) in [5, 5.41) is 13.4. The van der Waals surface area contributed by atoms with Crippen molar-refractivity contribution in [3.05, 3.63) is 71.8 Å². The fourth-order valence-electron chi connectivity index (χ4n) is 3.51. The highest BCUT2D eigenvalue weighted by atomic mass is 127. The lowest BCUT2D eigenvalue weighted by molar-refractivity contribution is -0.160. The molecule has 2 amide bonds. The Bertz CT molecular complexity index is 1370. The third kappa shape index (κ3) is 29.4. The lowest BCUT2D eigenvalue weighted by Gasteiger charge is -2.24. The van der Waals surface area contributed by atoms with E-state index >= 15 is 0 Å². The summed E-state index contributed by atoms with van der Waals surface area (Å²) >= 11 is 2.29. The van der Waals surface area contributed by atoms with Crippen LogP contribution in [0, 0.1) is 0 Å². The average molecular weight is 899 g/mol. The number of alkyl halides is 1. The molecular formula is C36H55IN2O12S2. The lowest BCUT2D eigenvalue weighted by atomic mass is 10.1. The fraction of sp³-hybridized carbons (Fsp3) is 0.500. The van der Waals surface area contributed by atoms with E-state index in [1.54, 1.807) is 84.9 Å². The van der Waals surface area contributed by atoms with Crippen molar-refractivity contribution in [3.63, 3.8) is 0 Å². The van der Waals surface area contributed by atoms with Gasteiger partial charge in [-0.2, -0.15) is 27.0 Å². The van der Waals surface area contributed by atoms with Gasteiger partial charge in [0, 0.05) is 0 Å². The van der Waals surface area contributed by atoms with E-state index in [9.17, 15) is 28.8 Å². The van der Waals surface area contributed by atoms with E-state index in [1.165, 1.54) is 4.43 Å². The molecule has 17 heteroatoms. The van der Waals surface area contributed by atoms with E-state index in [2.05, 4.69) is 40.1 Å². The van der Waals surface area contributed by atoms with Crippen LogP contribution in [0.1, 0.15) is 79.4 Å². The molecular weight excluding hydrogens is 843 g/mol. The average Bonchev–Trinajstić information content (AvgIpc) is 3.02. The van der Waals surface area contributed by atoms with Crippen LogP contribution in [0.3, 0.4) is 0 Å². The molecule has 3 N–H and O–H groups in total. The fourth-order valence-corrected chi connectivity index (χ4v) is 3.51. The van der Waals surface area contributed by atoms with Gasteiger partial charge in [0.25, 0.3) is 0 Å². The molecule has 0 radical (unpaired) electrons. The Morgan fingerprint density at radius 1 is 0.642 bits per heavy atom. The summed E-state index contributed by atoms with van der Waals surface area (Å²) < 4.78 is 26.4. The number of hydrogen-bond donors (Lipinski definition) is 3. The summed E-state index contributed by atoms with van der Waals surface area (Å²) in [6.07, 6.45) is -2.62. The highest BCUT2D eigenvalue weighted by Gasteiger charge is 2.31. The predicted octanol–water partition coefficient (Wildman–Crippen LogP) is 6.34. The van der Waals surface area contributed by atoms with Gasteiger partial charge in [-0.1, -0.05) is 90.2 Å². The Kier molecular flexibility index (Phi) is 29.1. The van der Waals surface area contributed by atoms with Crippen LogP contribution >= 0.6 is 49.6 Å². The molecule has 0 saturated heterocycles. The molecule has 2 rings (SSSR count). The number of carboxylic acid groups (broad SMARTS) is 1. The molecule has 0 spiro atoms. The molecule has 2 aromatic rings. The third-order valence-electron chi connectivity index (χ3n) is 5.45. The van der Waals surface area contributed by atoms with Gasteiger partial charge in [0.15, 0.2) is 0 Å². The van der Waals surface area contributed by atoms with Gasteiger partial charge >= 0.3 is 36.1 Å². The summed E-state index contributed by atoms with van der Waals surface area (Å²) in [7, 11) is 0. The molecule has 0 aliphatic rings. The number of alkyl carbamates (subject to hydrolysis) is 2. The SMILES string of the molecule is CC(C)(C)OC(=O)[C@H](CC(=O)O)NC(=O)OCc1ccccc1.CCI.CCOC(=O)C[C@H](NC(=O)OCc1ccccc1)C(=O)OC(C)(C)C.S.S. The minimum atomic E-state index is -1.31. The number of aliphatic carboxylic acids is 1. The third-order valence-corrected chi connectivity index (χ3v) is 5.45. The maximum Gasteiger partial charge on any atom is 0.408 e. The zero-order valence-electron chi connectivity index (χ0n) is 31.5. The summed E-state index contributed by atoms with van der Waals surface area (Å²) in [6, 6.07) is 15.6. The zero-order valence-corrected chi connectivity index (χ0v) is 35.6. The number of rotatable bonds is 13. The van der Waals surface area contributed by atoms with Crippen molar-refractivity contribution >= 4 is 85.6 Å². The van der Waals surface area contributed by atoms with Gasteiger partial charge in [-0.25, -0.2) is 19.2 Å². The van der Waals surface area contributed by atoms with Crippen LogP contribution in [0.25, 0.3) is 0 Å². The molecule has 2 atom stereocenters. The Morgan fingerprint density at radius 3 is 1.28 bits per heavy atom. The Balaban J connectivity index is -0.000000850. The van der Waals surface area contributed by atoms with Crippen LogP contribution in [0.5, 0.6) is 0 Å². The number of carbonyl (C=O) groups is 6. The highest BCUT2D eigenvalue weighted by molar-refractivity contribution is 14.1. The second-order valence-corrected chi connectivity index (χ2v) is 14.0. The maximum absolute atomic E-state index is 12.2. The van der Waals surface area contributed by atoms with Crippen molar-refractivity contribution in [2.45, 2.75) is 105 Å². The van der Waals surface area contributed by atoms with Crippen molar-refractivity contribution in [2.24, 2.45) is 0 Å². The van der Waals surface area contributed by atoms with Gasteiger partial charge in [-0.15, -0.1) is 0 Å². The minimum Gasteiger partial charge on any atom is -0.481 e. The van der Waals surface area contributed by atoms with Crippen molar-refractivity contribution in [1.82, 2.24) is 10.6 Å². The molecule has 0 aliphatic heterocycles. The number of amides is 2. The van der Waals surface area contributed by atoms with E-state index < -0.39 is 65.8 Å². The number of carboxylic acids is 1. The molecule has 53 heavy (non-hydrogen) atoms. The van der Waals surface area contributed by atoms with Gasteiger partial charge in [-0.05, 0) is 64.0 Å². The molecule has 0 saturated carbocycles. The highest BCUT2D eigenvalue weighted by Crippen LogP contribution is 2.12. The van der Waals surface area contributed by atoms with Crippen molar-refractivity contribution in [3.8, 4) is 0 Å². The number of benzene rings is 2. The monoisotopic (exact) mass is 898 g/mol. The first-order valence-corrected chi connectivity index (χ1v) is 17.7. The molecule has 0 unspecified atom stereocenters. The number of hydrogen-bond acceptors (Lipinski definition) is 11. The first-order valence-electron chi connectivity index (χ1n) is 16.1. The Morgan fingerprint density at radius 2 is 0.981 bits per heavy atom. The first kappa shape index (κ1) is 53.6. The second kappa shape index (κ2) is 28.7. The Labute approximate surface area is 339 Å². The van der Waals surface area contributed by atoms with E-state index in [0.29, 0.717) is 0 Å². The Hall–Kier alpha value is -3.71.